The van der Waals surface area contributed by atoms with Crippen LogP contribution in [0.15, 0.2) is 96.6 Å². The monoisotopic (exact) mass is 1080 g/mol. The Balaban J connectivity index is 1.24. The van der Waals surface area contributed by atoms with Gasteiger partial charge in [-0.3, -0.25) is 9.59 Å². The smallest absolute Gasteiger partial charge is 0.329 e. The van der Waals surface area contributed by atoms with Gasteiger partial charge in [-0.1, -0.05) is 126 Å². The molecular weight excluding hydrogens is 991 g/mol. The van der Waals surface area contributed by atoms with Crippen LogP contribution in [-0.2, 0) is 52.0 Å². The van der Waals surface area contributed by atoms with E-state index in [-0.39, 0.29) is 53.3 Å². The molecule has 1 aliphatic carbocycles. The van der Waals surface area contributed by atoms with E-state index in [1.807, 2.05) is 33.8 Å². The molecule has 7 rings (SSSR count). The molecule has 4 fully saturated rings. The lowest BCUT2D eigenvalue weighted by Crippen LogP contribution is -2.68. The van der Waals surface area contributed by atoms with Crippen molar-refractivity contribution >= 4 is 36.4 Å². The van der Waals surface area contributed by atoms with Gasteiger partial charge in [-0.2, -0.15) is 0 Å². The number of carbonyl (C=O) groups is 3. The summed E-state index contributed by atoms with van der Waals surface area (Å²) in [6.45, 7) is 24.7. The maximum Gasteiger partial charge on any atom is 0.329 e. The predicted octanol–water partition coefficient (Wildman–Crippen LogP) is 9.81. The highest BCUT2D eigenvalue weighted by Gasteiger charge is 2.66. The minimum Gasteiger partial charge on any atom is -0.456 e. The van der Waals surface area contributed by atoms with Gasteiger partial charge in [0.15, 0.2) is 11.9 Å². The number of piperidine rings is 1. The van der Waals surface area contributed by atoms with Crippen LogP contribution in [0.4, 0.5) is 0 Å². The second kappa shape index (κ2) is 25.7. The summed E-state index contributed by atoms with van der Waals surface area (Å²) >= 11 is 0. The van der Waals surface area contributed by atoms with Crippen molar-refractivity contribution in [3.05, 3.63) is 96.6 Å². The fraction of sp³-hybridized carbons (Fsp3) is 0.667. The number of carbonyl (C=O) groups excluding carboxylic acids is 3. The Hall–Kier alpha value is -3.83. The number of cyclic esters (lactones) is 1. The molecule has 77 heavy (non-hydrogen) atoms. The number of benzene rings is 2. The number of nitrogens with zero attached hydrogens (tertiary/aromatic N) is 1. The Morgan fingerprint density at radius 3 is 2.05 bits per heavy atom. The number of allylic oxidation sites excluding steroid dienone is 4. The maximum atomic E-state index is 15.4. The molecule has 1 N–H and O–H groups in total. The molecular formula is C63H93NO12Si. The van der Waals surface area contributed by atoms with E-state index in [1.165, 1.54) is 10.4 Å². The van der Waals surface area contributed by atoms with E-state index in [0.29, 0.717) is 57.9 Å². The van der Waals surface area contributed by atoms with Crippen LogP contribution < -0.4 is 10.4 Å². The first-order valence-corrected chi connectivity index (χ1v) is 30.5. The number of aliphatic hydroxyl groups is 1. The van der Waals surface area contributed by atoms with E-state index >= 15 is 9.59 Å². The Labute approximate surface area is 461 Å². The molecule has 0 radical (unpaired) electrons. The Morgan fingerprint density at radius 2 is 1.45 bits per heavy atom. The van der Waals surface area contributed by atoms with Crippen LogP contribution in [0, 0.1) is 29.6 Å². The van der Waals surface area contributed by atoms with Crippen LogP contribution in [0.2, 0.25) is 5.04 Å². The van der Waals surface area contributed by atoms with E-state index < -0.39 is 80.2 Å². The molecule has 4 aliphatic heterocycles. The number of esters is 1. The molecule has 1 saturated carbocycles. The second-order valence-corrected chi connectivity index (χ2v) is 29.0. The molecule has 15 atom stereocenters. The van der Waals surface area contributed by atoms with Crippen molar-refractivity contribution < 1.29 is 57.1 Å². The number of Topliss-reactive ketones (excluding diaryl/α,β-unsaturated/α-hetero) is 1. The molecule has 3 saturated heterocycles. The van der Waals surface area contributed by atoms with Crippen LogP contribution in [0.5, 0.6) is 0 Å². The van der Waals surface area contributed by atoms with Crippen LogP contribution in [-0.4, -0.2) is 130 Å². The first-order valence-electron chi connectivity index (χ1n) is 28.6. The number of ketones is 1. The van der Waals surface area contributed by atoms with E-state index in [1.54, 1.807) is 46.2 Å². The van der Waals surface area contributed by atoms with Crippen molar-refractivity contribution in [2.24, 2.45) is 29.6 Å². The number of ether oxygens (including phenoxy) is 7. The summed E-state index contributed by atoms with van der Waals surface area (Å²) in [6.07, 6.45) is 6.67. The second-order valence-electron chi connectivity index (χ2n) is 24.8. The molecule has 5 aliphatic rings. The van der Waals surface area contributed by atoms with Gasteiger partial charge in [0.05, 0.1) is 30.5 Å². The van der Waals surface area contributed by atoms with Crippen LogP contribution in [0.1, 0.15) is 140 Å². The highest BCUT2D eigenvalue weighted by molar-refractivity contribution is 6.99. The first-order chi connectivity index (χ1) is 36.5. The third kappa shape index (κ3) is 13.3. The Bertz CT molecular complexity index is 2330. The van der Waals surface area contributed by atoms with E-state index in [4.69, 9.17) is 37.6 Å². The largest absolute Gasteiger partial charge is 0.456 e. The van der Waals surface area contributed by atoms with Gasteiger partial charge in [-0.25, -0.2) is 4.79 Å². The first kappa shape index (κ1) is 60.8. The van der Waals surface area contributed by atoms with Crippen molar-refractivity contribution in [2.45, 2.75) is 211 Å². The van der Waals surface area contributed by atoms with Crippen molar-refractivity contribution in [3.8, 4) is 0 Å². The third-order valence-corrected chi connectivity index (χ3v) is 22.6. The van der Waals surface area contributed by atoms with E-state index in [9.17, 15) is 9.90 Å². The van der Waals surface area contributed by atoms with Gasteiger partial charge in [-0.15, -0.1) is 6.58 Å². The van der Waals surface area contributed by atoms with Gasteiger partial charge in [0.1, 0.15) is 24.0 Å². The van der Waals surface area contributed by atoms with Crippen molar-refractivity contribution in [1.82, 2.24) is 4.90 Å². The zero-order valence-corrected chi connectivity index (χ0v) is 49.7. The minimum absolute atomic E-state index is 0.0183. The Morgan fingerprint density at radius 1 is 0.831 bits per heavy atom. The molecule has 13 nitrogen and oxygen atoms in total. The number of methoxy groups -OCH3 is 3. The molecule has 0 unspecified atom stereocenters. The van der Waals surface area contributed by atoms with E-state index in [0.717, 1.165) is 24.0 Å². The van der Waals surface area contributed by atoms with Crippen molar-refractivity contribution in [2.75, 3.05) is 27.9 Å². The normalized spacial score (nSPS) is 36.1. The lowest BCUT2D eigenvalue weighted by Gasteiger charge is -2.50. The lowest BCUT2D eigenvalue weighted by atomic mass is 9.81. The summed E-state index contributed by atoms with van der Waals surface area (Å²) in [7, 11) is 2.17. The van der Waals surface area contributed by atoms with Gasteiger partial charge in [-0.05, 0) is 125 Å². The molecule has 2 aromatic carbocycles. The van der Waals surface area contributed by atoms with Gasteiger partial charge in [0, 0.05) is 52.0 Å². The zero-order valence-electron chi connectivity index (χ0n) is 48.7. The van der Waals surface area contributed by atoms with Crippen molar-refractivity contribution in [1.29, 1.82) is 0 Å². The molecule has 4 heterocycles. The summed E-state index contributed by atoms with van der Waals surface area (Å²) in [6, 6.07) is 20.4. The molecule has 14 heteroatoms. The topological polar surface area (TPSA) is 149 Å². The molecule has 2 bridgehead atoms. The zero-order chi connectivity index (χ0) is 56.0. The van der Waals surface area contributed by atoms with Crippen molar-refractivity contribution in [3.63, 3.8) is 0 Å². The summed E-state index contributed by atoms with van der Waals surface area (Å²) in [5.74, 6) is -5.30. The summed E-state index contributed by atoms with van der Waals surface area (Å²) < 4.78 is 53.6. The standard InChI is InChI=1S/C63H93NO12Si/c1-15-24-46-34-40(2)33-41(3)35-54(70-13)57-55(71-14)37-43(5)63(73-57)58(74-62(10,11)76-63)59(67)64-32-23-22-29-49(64)60(68)72-56(44(6)50(65)39-51(46)66)42(4)36-45-30-31-52(53(38-45)69-12)75-77(61(7,8)9,47-25-18-16-19-26-47)48-27-20-17-21-28-48/h15-21,25-28,34,36,41,43-46,49-50,52-58,65H,1,22-24,29-33,35,37-39H2,2-14H3/b40-34+,42-36+/t41-,43+,44+,45-,46+,49-,50-,52+,53+,54-,55-,56+,57+,58-,63+/m0/s1. The molecule has 1 amide bonds. The number of hydrogen-bond acceptors (Lipinski definition) is 12. The minimum atomic E-state index is -2.90. The summed E-state index contributed by atoms with van der Waals surface area (Å²) in [5.41, 5.74) is 1.79. The van der Waals surface area contributed by atoms with Gasteiger partial charge >= 0.3 is 5.97 Å². The van der Waals surface area contributed by atoms with Crippen LogP contribution in [0.25, 0.3) is 0 Å². The number of aliphatic hydroxyl groups excluding tert-OH is 1. The maximum absolute atomic E-state index is 15.4. The molecule has 1 spiro atoms. The van der Waals surface area contributed by atoms with Gasteiger partial charge in [0.25, 0.3) is 14.2 Å². The number of fused-ring (bicyclic) bond motifs is 2. The molecule has 2 aromatic rings. The quantitative estimate of drug-likeness (QED) is 0.130. The van der Waals surface area contributed by atoms with E-state index in [2.05, 4.69) is 101 Å². The number of rotatable bonds is 11. The summed E-state index contributed by atoms with van der Waals surface area (Å²) in [5, 5.41) is 14.4. The number of hydrogen-bond donors (Lipinski definition) is 1. The lowest BCUT2D eigenvalue weighted by molar-refractivity contribution is -0.342. The molecule has 426 valence electrons. The average Bonchev–Trinajstić information content (AvgIpc) is 3.77. The SMILES string of the molecule is C=CC[C@@H]1/C=C(\C)C[C@H](C)C[C@H](OC)[C@H]2O[C@@]3(OC(C)(C)O[C@H]3C(=O)N3CCCC[C@H]3C(=O)O[C@H](/C(C)=C/[C@@H]3CC[C@@H](O[Si](c4ccccc4)(c4ccccc4)C(C)(C)C)[C@H](OC)C3)[C@H](C)[C@@H](O)CC1=O)[C@H](C)C[C@@H]2OC. The summed E-state index contributed by atoms with van der Waals surface area (Å²) in [4.78, 5) is 46.5. The highest BCUT2D eigenvalue weighted by Crippen LogP contribution is 2.50. The number of amides is 1. The van der Waals surface area contributed by atoms with Gasteiger partial charge in [0.2, 0.25) is 5.79 Å². The fourth-order valence-electron chi connectivity index (χ4n) is 13.6. The molecule has 0 aromatic heterocycles. The van der Waals surface area contributed by atoms with Crippen LogP contribution in [0.3, 0.4) is 0 Å². The predicted molar refractivity (Wildman–Crippen MR) is 302 cm³/mol. The third-order valence-electron chi connectivity index (χ3n) is 17.5. The van der Waals surface area contributed by atoms with Crippen LogP contribution >= 0.6 is 0 Å². The highest BCUT2D eigenvalue weighted by atomic mass is 28.4. The average molecular weight is 1080 g/mol. The van der Waals surface area contributed by atoms with Gasteiger partial charge < -0.3 is 47.6 Å². The fourth-order valence-corrected chi connectivity index (χ4v) is 18.3. The Kier molecular flexibility index (Phi) is 20.3.